The maximum atomic E-state index is 12.0. The predicted molar refractivity (Wildman–Crippen MR) is 107 cm³/mol. The second-order valence-corrected chi connectivity index (χ2v) is 6.27. The highest BCUT2D eigenvalue weighted by molar-refractivity contribution is 5.94. The van der Waals surface area contributed by atoms with Crippen LogP contribution in [0.25, 0.3) is 0 Å². The standard InChI is InChI=1S/C21H25N3O3/c1-4-17-7-9-18(10-8-17)13-22-27-15-21(26)24(3)14-20(25)23-19-11-5-16(2)6-12-19/h5-13H,4,14-15H2,1-3H3,(H,23,25)/b22-13-. The summed E-state index contributed by atoms with van der Waals surface area (Å²) in [6.45, 7) is 3.78. The summed E-state index contributed by atoms with van der Waals surface area (Å²) < 4.78 is 0. The number of nitrogens with one attached hydrogen (secondary N) is 1. The van der Waals surface area contributed by atoms with Crippen LogP contribution in [0.3, 0.4) is 0 Å². The number of carbonyl (C=O) groups excluding carboxylic acids is 2. The number of oxime groups is 1. The van der Waals surface area contributed by atoms with E-state index < -0.39 is 0 Å². The number of likely N-dealkylation sites (N-methyl/N-ethyl adjacent to an activating group) is 1. The van der Waals surface area contributed by atoms with Gasteiger partial charge >= 0.3 is 0 Å². The smallest absolute Gasteiger partial charge is 0.263 e. The first-order chi connectivity index (χ1) is 13.0. The second kappa shape index (κ2) is 10.1. The van der Waals surface area contributed by atoms with E-state index in [0.717, 1.165) is 17.5 Å². The van der Waals surface area contributed by atoms with Gasteiger partial charge in [0, 0.05) is 12.7 Å². The summed E-state index contributed by atoms with van der Waals surface area (Å²) in [6.07, 6.45) is 2.53. The zero-order valence-electron chi connectivity index (χ0n) is 15.9. The summed E-state index contributed by atoms with van der Waals surface area (Å²) in [5.74, 6) is -0.596. The van der Waals surface area contributed by atoms with Crippen LogP contribution in [0.15, 0.2) is 53.7 Å². The Labute approximate surface area is 159 Å². The van der Waals surface area contributed by atoms with Gasteiger partial charge in [0.05, 0.1) is 12.8 Å². The molecule has 0 atom stereocenters. The van der Waals surface area contributed by atoms with Crippen molar-refractivity contribution >= 4 is 23.7 Å². The van der Waals surface area contributed by atoms with Gasteiger partial charge in [-0.25, -0.2) is 0 Å². The summed E-state index contributed by atoms with van der Waals surface area (Å²) >= 11 is 0. The number of nitrogens with zero attached hydrogens (tertiary/aromatic N) is 2. The Hall–Kier alpha value is -3.15. The van der Waals surface area contributed by atoms with E-state index >= 15 is 0 Å². The average molecular weight is 367 g/mol. The van der Waals surface area contributed by atoms with Crippen molar-refractivity contribution in [2.75, 3.05) is 25.5 Å². The molecule has 2 amide bonds. The number of hydrogen-bond acceptors (Lipinski definition) is 4. The molecule has 0 saturated carbocycles. The molecule has 0 aliphatic carbocycles. The summed E-state index contributed by atoms with van der Waals surface area (Å²) in [6, 6.07) is 15.4. The molecule has 0 heterocycles. The van der Waals surface area contributed by atoms with Gasteiger partial charge in [0.1, 0.15) is 0 Å². The van der Waals surface area contributed by atoms with Gasteiger partial charge in [-0.15, -0.1) is 0 Å². The van der Waals surface area contributed by atoms with Crippen LogP contribution in [0, 0.1) is 6.92 Å². The van der Waals surface area contributed by atoms with Crippen molar-refractivity contribution < 1.29 is 14.4 Å². The van der Waals surface area contributed by atoms with E-state index in [0.29, 0.717) is 5.69 Å². The number of aryl methyl sites for hydroxylation is 2. The highest BCUT2D eigenvalue weighted by Gasteiger charge is 2.13. The van der Waals surface area contributed by atoms with Crippen molar-refractivity contribution in [1.82, 2.24) is 4.90 Å². The molecule has 0 aliphatic rings. The van der Waals surface area contributed by atoms with Gasteiger partial charge in [0.2, 0.25) is 5.91 Å². The molecule has 0 bridgehead atoms. The fourth-order valence-corrected chi connectivity index (χ4v) is 2.28. The van der Waals surface area contributed by atoms with Crippen LogP contribution in [0.1, 0.15) is 23.6 Å². The third-order valence-electron chi connectivity index (χ3n) is 3.99. The Kier molecular flexibility index (Phi) is 7.55. The lowest BCUT2D eigenvalue weighted by Crippen LogP contribution is -2.36. The van der Waals surface area contributed by atoms with Gasteiger partial charge in [-0.2, -0.15) is 0 Å². The van der Waals surface area contributed by atoms with E-state index in [1.54, 1.807) is 13.3 Å². The SMILES string of the molecule is CCc1ccc(/C=N\OCC(=O)N(C)CC(=O)Nc2ccc(C)cc2)cc1. The van der Waals surface area contributed by atoms with Gasteiger partial charge in [-0.3, -0.25) is 9.59 Å². The third-order valence-corrected chi connectivity index (χ3v) is 3.99. The van der Waals surface area contributed by atoms with E-state index in [2.05, 4.69) is 17.4 Å². The molecule has 0 spiro atoms. The van der Waals surface area contributed by atoms with Gasteiger partial charge in [0.25, 0.3) is 5.91 Å². The fourth-order valence-electron chi connectivity index (χ4n) is 2.28. The van der Waals surface area contributed by atoms with Gasteiger partial charge in [0.15, 0.2) is 6.61 Å². The lowest BCUT2D eigenvalue weighted by atomic mass is 10.1. The van der Waals surface area contributed by atoms with Crippen molar-refractivity contribution in [2.24, 2.45) is 5.16 Å². The Morgan fingerprint density at radius 1 is 1.11 bits per heavy atom. The predicted octanol–water partition coefficient (Wildman–Crippen LogP) is 3.01. The first kappa shape index (κ1) is 20.2. The number of rotatable bonds is 8. The number of carbonyl (C=O) groups is 2. The zero-order valence-corrected chi connectivity index (χ0v) is 15.9. The highest BCUT2D eigenvalue weighted by Crippen LogP contribution is 2.08. The maximum Gasteiger partial charge on any atom is 0.263 e. The number of hydrogen-bond donors (Lipinski definition) is 1. The minimum absolute atomic E-state index is 0.0573. The average Bonchev–Trinajstić information content (AvgIpc) is 2.67. The van der Waals surface area contributed by atoms with Crippen molar-refractivity contribution in [3.05, 3.63) is 65.2 Å². The molecular weight excluding hydrogens is 342 g/mol. The van der Waals surface area contributed by atoms with Crippen LogP contribution < -0.4 is 5.32 Å². The minimum atomic E-state index is -0.326. The molecule has 142 valence electrons. The lowest BCUT2D eigenvalue weighted by Gasteiger charge is -2.16. The Balaban J connectivity index is 1.73. The fraction of sp³-hybridized carbons (Fsp3) is 0.286. The summed E-state index contributed by atoms with van der Waals surface area (Å²) in [7, 11) is 1.55. The molecule has 6 heteroatoms. The van der Waals surface area contributed by atoms with Crippen molar-refractivity contribution in [3.8, 4) is 0 Å². The summed E-state index contributed by atoms with van der Waals surface area (Å²) in [5, 5.41) is 6.55. The molecule has 0 aliphatic heterocycles. The van der Waals surface area contributed by atoms with Gasteiger partial charge in [-0.05, 0) is 36.6 Å². The largest absolute Gasteiger partial charge is 0.386 e. The van der Waals surface area contributed by atoms with Crippen LogP contribution in [-0.2, 0) is 20.8 Å². The van der Waals surface area contributed by atoms with E-state index in [4.69, 9.17) is 4.84 Å². The number of amides is 2. The molecule has 0 fully saturated rings. The van der Waals surface area contributed by atoms with Crippen molar-refractivity contribution in [3.63, 3.8) is 0 Å². The molecule has 6 nitrogen and oxygen atoms in total. The topological polar surface area (TPSA) is 71.0 Å². The summed E-state index contributed by atoms with van der Waals surface area (Å²) in [5.41, 5.74) is 3.94. The van der Waals surface area contributed by atoms with E-state index in [1.807, 2.05) is 55.5 Å². The van der Waals surface area contributed by atoms with E-state index in [9.17, 15) is 9.59 Å². The normalized spacial score (nSPS) is 10.6. The van der Waals surface area contributed by atoms with E-state index in [-0.39, 0.29) is 25.0 Å². The van der Waals surface area contributed by atoms with Crippen LogP contribution >= 0.6 is 0 Å². The molecule has 2 aromatic rings. The van der Waals surface area contributed by atoms with Crippen molar-refractivity contribution in [1.29, 1.82) is 0 Å². The molecule has 27 heavy (non-hydrogen) atoms. The van der Waals surface area contributed by atoms with E-state index in [1.165, 1.54) is 10.5 Å². The van der Waals surface area contributed by atoms with Crippen LogP contribution in [-0.4, -0.2) is 43.1 Å². The monoisotopic (exact) mass is 367 g/mol. The molecule has 0 saturated heterocycles. The molecule has 1 N–H and O–H groups in total. The Bertz CT molecular complexity index is 783. The third kappa shape index (κ3) is 6.93. The molecule has 2 rings (SSSR count). The van der Waals surface area contributed by atoms with Crippen molar-refractivity contribution in [2.45, 2.75) is 20.3 Å². The minimum Gasteiger partial charge on any atom is -0.386 e. The second-order valence-electron chi connectivity index (χ2n) is 6.27. The Morgan fingerprint density at radius 3 is 2.41 bits per heavy atom. The molecule has 0 aromatic heterocycles. The molecule has 0 radical (unpaired) electrons. The first-order valence-electron chi connectivity index (χ1n) is 8.82. The van der Waals surface area contributed by atoms with Crippen LogP contribution in [0.4, 0.5) is 5.69 Å². The number of anilines is 1. The first-order valence-corrected chi connectivity index (χ1v) is 8.82. The maximum absolute atomic E-state index is 12.0. The van der Waals surface area contributed by atoms with Crippen LogP contribution in [0.5, 0.6) is 0 Å². The Morgan fingerprint density at radius 2 is 1.78 bits per heavy atom. The lowest BCUT2D eigenvalue weighted by molar-refractivity contribution is -0.137. The van der Waals surface area contributed by atoms with Crippen LogP contribution in [0.2, 0.25) is 0 Å². The summed E-state index contributed by atoms with van der Waals surface area (Å²) in [4.78, 5) is 30.4. The van der Waals surface area contributed by atoms with Gasteiger partial charge < -0.3 is 15.1 Å². The quantitative estimate of drug-likeness (QED) is 0.576. The van der Waals surface area contributed by atoms with Gasteiger partial charge in [-0.1, -0.05) is 54.0 Å². The molecule has 2 aromatic carbocycles. The molecular formula is C21H25N3O3. The molecule has 0 unspecified atom stereocenters. The highest BCUT2D eigenvalue weighted by atomic mass is 16.6. The number of benzene rings is 2. The zero-order chi connectivity index (χ0) is 19.6.